The topological polar surface area (TPSA) is 57.5 Å². The molecule has 4 nitrogen and oxygen atoms in total. The number of hydrogen-bond acceptors (Lipinski definition) is 4. The molecule has 2 atom stereocenters. The number of phenols is 1. The molecule has 0 spiro atoms. The number of phenolic OH excluding ortho intramolecular Hbond substituents is 1. The van der Waals surface area contributed by atoms with Gasteiger partial charge in [-0.1, -0.05) is 54.1 Å². The normalized spacial score (nSPS) is 19.8. The van der Waals surface area contributed by atoms with Crippen LogP contribution in [0.3, 0.4) is 0 Å². The van der Waals surface area contributed by atoms with Gasteiger partial charge in [0.05, 0.1) is 0 Å². The zero-order valence-electron chi connectivity index (χ0n) is 14.6. The van der Waals surface area contributed by atoms with Gasteiger partial charge in [0.1, 0.15) is 11.9 Å². The number of hydrogen-bond donors (Lipinski definition) is 2. The van der Waals surface area contributed by atoms with Crippen molar-refractivity contribution in [2.24, 2.45) is 4.99 Å². The van der Waals surface area contributed by atoms with Gasteiger partial charge in [-0.05, 0) is 24.6 Å². The van der Waals surface area contributed by atoms with Crippen LogP contribution >= 0.6 is 0 Å². The molecule has 0 unspecified atom stereocenters. The van der Waals surface area contributed by atoms with E-state index in [4.69, 9.17) is 4.99 Å². The van der Waals surface area contributed by atoms with Gasteiger partial charge < -0.3 is 5.11 Å². The third-order valence-electron chi connectivity index (χ3n) is 4.74. The van der Waals surface area contributed by atoms with E-state index in [-0.39, 0.29) is 12.2 Å². The van der Waals surface area contributed by atoms with Crippen LogP contribution in [-0.4, -0.2) is 15.8 Å². The SMILES string of the molecule is Cc1ccc(C2=N[C@@H](c3cccnc3)N[C@H](c3ccccc3O)C2)cc1. The molecule has 2 heterocycles. The molecule has 1 aliphatic rings. The fraction of sp³-hybridized carbons (Fsp3) is 0.182. The van der Waals surface area contributed by atoms with Gasteiger partial charge in [-0.15, -0.1) is 0 Å². The second-order valence-corrected chi connectivity index (χ2v) is 6.61. The predicted octanol–water partition coefficient (Wildman–Crippen LogP) is 4.32. The Morgan fingerprint density at radius 2 is 1.81 bits per heavy atom. The number of rotatable bonds is 3. The fourth-order valence-corrected chi connectivity index (χ4v) is 3.32. The lowest BCUT2D eigenvalue weighted by Crippen LogP contribution is -2.33. The highest BCUT2D eigenvalue weighted by molar-refractivity contribution is 6.01. The fourth-order valence-electron chi connectivity index (χ4n) is 3.32. The molecule has 0 saturated carbocycles. The molecule has 0 aliphatic carbocycles. The summed E-state index contributed by atoms with van der Waals surface area (Å²) in [6, 6.07) is 19.8. The highest BCUT2D eigenvalue weighted by Gasteiger charge is 2.27. The highest BCUT2D eigenvalue weighted by atomic mass is 16.3. The molecule has 26 heavy (non-hydrogen) atoms. The molecule has 1 aromatic heterocycles. The first-order chi connectivity index (χ1) is 12.7. The van der Waals surface area contributed by atoms with Crippen LogP contribution in [0.5, 0.6) is 5.75 Å². The summed E-state index contributed by atoms with van der Waals surface area (Å²) in [7, 11) is 0. The predicted molar refractivity (Wildman–Crippen MR) is 103 cm³/mol. The maximum atomic E-state index is 10.3. The average Bonchev–Trinajstić information content (AvgIpc) is 2.69. The largest absolute Gasteiger partial charge is 0.508 e. The number of para-hydroxylation sites is 1. The van der Waals surface area contributed by atoms with E-state index in [1.165, 1.54) is 5.56 Å². The molecule has 0 fully saturated rings. The first-order valence-electron chi connectivity index (χ1n) is 8.78. The Morgan fingerprint density at radius 1 is 1.00 bits per heavy atom. The van der Waals surface area contributed by atoms with Crippen LogP contribution in [-0.2, 0) is 0 Å². The van der Waals surface area contributed by atoms with E-state index in [1.54, 1.807) is 12.3 Å². The van der Waals surface area contributed by atoms with Crippen molar-refractivity contribution in [1.82, 2.24) is 10.3 Å². The van der Waals surface area contributed by atoms with E-state index in [0.717, 1.165) is 28.8 Å². The summed E-state index contributed by atoms with van der Waals surface area (Å²) in [5.74, 6) is 0.306. The molecule has 0 amide bonds. The second kappa shape index (κ2) is 7.10. The Morgan fingerprint density at radius 3 is 2.54 bits per heavy atom. The number of aromatic nitrogens is 1. The van der Waals surface area contributed by atoms with Crippen molar-refractivity contribution in [3.8, 4) is 5.75 Å². The summed E-state index contributed by atoms with van der Waals surface area (Å²) >= 11 is 0. The van der Waals surface area contributed by atoms with Crippen molar-refractivity contribution in [3.63, 3.8) is 0 Å². The van der Waals surface area contributed by atoms with E-state index >= 15 is 0 Å². The van der Waals surface area contributed by atoms with Crippen molar-refractivity contribution in [3.05, 3.63) is 95.3 Å². The van der Waals surface area contributed by atoms with Gasteiger partial charge in [0, 0.05) is 41.7 Å². The second-order valence-electron chi connectivity index (χ2n) is 6.61. The molecule has 130 valence electrons. The van der Waals surface area contributed by atoms with Crippen LogP contribution in [0.15, 0.2) is 78.0 Å². The standard InChI is InChI=1S/C22H21N3O/c1-15-8-10-16(11-9-15)19-13-20(18-6-2-3-7-21(18)26)25-22(24-19)17-5-4-12-23-14-17/h2-12,14,20,22,25-26H,13H2,1H3/t20-,22+/m0/s1. The Kier molecular flexibility index (Phi) is 4.50. The van der Waals surface area contributed by atoms with Crippen LogP contribution in [0.4, 0.5) is 0 Å². The van der Waals surface area contributed by atoms with Crippen molar-refractivity contribution >= 4 is 5.71 Å². The zero-order chi connectivity index (χ0) is 17.9. The number of aromatic hydroxyl groups is 1. The van der Waals surface area contributed by atoms with Crippen LogP contribution in [0.2, 0.25) is 0 Å². The molecule has 0 saturated heterocycles. The smallest absolute Gasteiger partial charge is 0.127 e. The van der Waals surface area contributed by atoms with E-state index in [2.05, 4.69) is 41.5 Å². The summed E-state index contributed by atoms with van der Waals surface area (Å²) in [5.41, 5.74) is 5.28. The van der Waals surface area contributed by atoms with Gasteiger partial charge in [0.25, 0.3) is 0 Å². The molecule has 4 heteroatoms. The number of nitrogens with zero attached hydrogens (tertiary/aromatic N) is 2. The summed E-state index contributed by atoms with van der Waals surface area (Å²) in [6.07, 6.45) is 4.12. The number of pyridine rings is 1. The monoisotopic (exact) mass is 343 g/mol. The van der Waals surface area contributed by atoms with Gasteiger partial charge in [0.2, 0.25) is 0 Å². The van der Waals surface area contributed by atoms with Gasteiger partial charge in [-0.25, -0.2) is 0 Å². The molecular weight excluding hydrogens is 322 g/mol. The molecule has 1 aliphatic heterocycles. The Hall–Kier alpha value is -2.98. The third-order valence-corrected chi connectivity index (χ3v) is 4.74. The minimum absolute atomic E-state index is 0.0183. The van der Waals surface area contributed by atoms with Crippen LogP contribution in [0.1, 0.15) is 40.9 Å². The van der Waals surface area contributed by atoms with Gasteiger partial charge >= 0.3 is 0 Å². The van der Waals surface area contributed by atoms with E-state index in [1.807, 2.05) is 36.5 Å². The van der Waals surface area contributed by atoms with Crippen molar-refractivity contribution in [1.29, 1.82) is 0 Å². The van der Waals surface area contributed by atoms with Crippen molar-refractivity contribution < 1.29 is 5.11 Å². The summed E-state index contributed by atoms with van der Waals surface area (Å²) in [4.78, 5) is 9.17. The number of aryl methyl sites for hydroxylation is 1. The minimum atomic E-state index is -0.196. The van der Waals surface area contributed by atoms with E-state index in [0.29, 0.717) is 5.75 Å². The maximum Gasteiger partial charge on any atom is 0.127 e. The zero-order valence-corrected chi connectivity index (χ0v) is 14.6. The molecule has 2 N–H and O–H groups in total. The lowest BCUT2D eigenvalue weighted by molar-refractivity contribution is 0.412. The lowest BCUT2D eigenvalue weighted by Gasteiger charge is -2.30. The molecule has 0 bridgehead atoms. The summed E-state index contributed by atoms with van der Waals surface area (Å²) in [5, 5.41) is 13.9. The minimum Gasteiger partial charge on any atom is -0.508 e. The first-order valence-corrected chi connectivity index (χ1v) is 8.78. The molecule has 4 rings (SSSR count). The van der Waals surface area contributed by atoms with E-state index in [9.17, 15) is 5.11 Å². The van der Waals surface area contributed by atoms with Gasteiger partial charge in [0.15, 0.2) is 0 Å². The molecule has 0 radical (unpaired) electrons. The Labute approximate surface area is 153 Å². The van der Waals surface area contributed by atoms with Crippen LogP contribution < -0.4 is 5.32 Å². The maximum absolute atomic E-state index is 10.3. The van der Waals surface area contributed by atoms with Gasteiger partial charge in [-0.2, -0.15) is 0 Å². The quantitative estimate of drug-likeness (QED) is 0.745. The van der Waals surface area contributed by atoms with Crippen LogP contribution in [0.25, 0.3) is 0 Å². The number of nitrogens with one attached hydrogen (secondary N) is 1. The summed E-state index contributed by atoms with van der Waals surface area (Å²) < 4.78 is 0. The van der Waals surface area contributed by atoms with Crippen LogP contribution in [0, 0.1) is 6.92 Å². The highest BCUT2D eigenvalue weighted by Crippen LogP contribution is 2.34. The Balaban J connectivity index is 1.75. The Bertz CT molecular complexity index is 920. The summed E-state index contributed by atoms with van der Waals surface area (Å²) in [6.45, 7) is 2.08. The molecular formula is C22H21N3O. The lowest BCUT2D eigenvalue weighted by atomic mass is 9.93. The first kappa shape index (κ1) is 16.5. The molecule has 2 aromatic carbocycles. The van der Waals surface area contributed by atoms with E-state index < -0.39 is 0 Å². The van der Waals surface area contributed by atoms with Crippen molar-refractivity contribution in [2.45, 2.75) is 25.6 Å². The number of benzene rings is 2. The molecule has 3 aromatic rings. The third kappa shape index (κ3) is 3.37. The van der Waals surface area contributed by atoms with Crippen molar-refractivity contribution in [2.75, 3.05) is 0 Å². The average molecular weight is 343 g/mol. The van der Waals surface area contributed by atoms with Gasteiger partial charge in [-0.3, -0.25) is 15.3 Å². The number of aliphatic imine (C=N–C) groups is 1.